The molecule has 90 valence electrons. The third-order valence-electron chi connectivity index (χ3n) is 2.25. The lowest BCUT2D eigenvalue weighted by atomic mass is 10.2. The van der Waals surface area contributed by atoms with Gasteiger partial charge in [0.05, 0.1) is 11.9 Å². The predicted octanol–water partition coefficient (Wildman–Crippen LogP) is 2.63. The van der Waals surface area contributed by atoms with E-state index in [0.717, 1.165) is 11.3 Å². The van der Waals surface area contributed by atoms with Gasteiger partial charge in [-0.25, -0.2) is 4.98 Å². The number of aromatic nitrogens is 3. The Morgan fingerprint density at radius 1 is 1.28 bits per heavy atom. The van der Waals surface area contributed by atoms with Crippen molar-refractivity contribution in [2.24, 2.45) is 0 Å². The predicted molar refractivity (Wildman–Crippen MR) is 72.2 cm³/mol. The molecule has 0 radical (unpaired) electrons. The largest absolute Gasteiger partial charge is 0.352 e. The van der Waals surface area contributed by atoms with Crippen LogP contribution >= 0.6 is 11.6 Å². The van der Waals surface area contributed by atoms with Crippen molar-refractivity contribution in [2.75, 3.05) is 11.9 Å². The molecule has 0 aliphatic carbocycles. The van der Waals surface area contributed by atoms with Crippen LogP contribution in [-0.4, -0.2) is 21.7 Å². The molecule has 18 heavy (non-hydrogen) atoms. The molecule has 0 bridgehead atoms. The van der Waals surface area contributed by atoms with E-state index >= 15 is 0 Å². The standard InChI is InChI=1S/C13H11ClN4/c1-2-3-8-15-13-17-12(9-16-18-13)10-4-6-11(14)7-5-10/h1,4-7,9H,3,8H2,(H,15,17,18). The summed E-state index contributed by atoms with van der Waals surface area (Å²) in [5.74, 6) is 3.01. The second-order valence-corrected chi connectivity index (χ2v) is 3.99. The Morgan fingerprint density at radius 2 is 2.06 bits per heavy atom. The van der Waals surface area contributed by atoms with Gasteiger partial charge >= 0.3 is 0 Å². The van der Waals surface area contributed by atoms with Gasteiger partial charge < -0.3 is 5.32 Å². The second-order valence-electron chi connectivity index (χ2n) is 3.55. The van der Waals surface area contributed by atoms with E-state index < -0.39 is 0 Å². The molecule has 0 aliphatic rings. The van der Waals surface area contributed by atoms with Gasteiger partial charge in [0.15, 0.2) is 0 Å². The summed E-state index contributed by atoms with van der Waals surface area (Å²) < 4.78 is 0. The number of nitrogens with zero attached hydrogens (tertiary/aromatic N) is 3. The van der Waals surface area contributed by atoms with Gasteiger partial charge in [-0.05, 0) is 12.1 Å². The van der Waals surface area contributed by atoms with Crippen molar-refractivity contribution in [3.8, 4) is 23.6 Å². The number of benzene rings is 1. The van der Waals surface area contributed by atoms with Gasteiger partial charge in [-0.15, -0.1) is 17.4 Å². The van der Waals surface area contributed by atoms with Crippen molar-refractivity contribution in [3.63, 3.8) is 0 Å². The van der Waals surface area contributed by atoms with E-state index in [-0.39, 0.29) is 0 Å². The summed E-state index contributed by atoms with van der Waals surface area (Å²) in [6, 6.07) is 7.39. The fraction of sp³-hybridized carbons (Fsp3) is 0.154. The first-order valence-corrected chi connectivity index (χ1v) is 5.80. The van der Waals surface area contributed by atoms with Crippen molar-refractivity contribution in [3.05, 3.63) is 35.5 Å². The van der Waals surface area contributed by atoms with Crippen LogP contribution in [0.25, 0.3) is 11.3 Å². The molecule has 0 fully saturated rings. The van der Waals surface area contributed by atoms with E-state index in [9.17, 15) is 0 Å². The summed E-state index contributed by atoms with van der Waals surface area (Å²) in [6.45, 7) is 0.627. The van der Waals surface area contributed by atoms with Crippen LogP contribution in [0.4, 0.5) is 5.95 Å². The number of hydrogen-bond donors (Lipinski definition) is 1. The lowest BCUT2D eigenvalue weighted by Gasteiger charge is -2.04. The smallest absolute Gasteiger partial charge is 0.243 e. The van der Waals surface area contributed by atoms with E-state index in [1.807, 2.05) is 24.3 Å². The molecule has 0 atom stereocenters. The van der Waals surface area contributed by atoms with Crippen LogP contribution in [0.1, 0.15) is 6.42 Å². The van der Waals surface area contributed by atoms with Gasteiger partial charge in [0, 0.05) is 23.6 Å². The zero-order valence-corrected chi connectivity index (χ0v) is 10.4. The third kappa shape index (κ3) is 3.19. The number of terminal acetylenes is 1. The van der Waals surface area contributed by atoms with Gasteiger partial charge in [0.25, 0.3) is 0 Å². The van der Waals surface area contributed by atoms with E-state index in [1.165, 1.54) is 0 Å². The molecular formula is C13H11ClN4. The number of halogens is 1. The molecule has 2 rings (SSSR count). The van der Waals surface area contributed by atoms with Gasteiger partial charge in [-0.3, -0.25) is 0 Å². The highest BCUT2D eigenvalue weighted by atomic mass is 35.5. The Bertz CT molecular complexity index is 560. The molecule has 0 aliphatic heterocycles. The molecular weight excluding hydrogens is 248 g/mol. The van der Waals surface area contributed by atoms with Gasteiger partial charge in [0.2, 0.25) is 5.95 Å². The molecule has 0 saturated carbocycles. The second kappa shape index (κ2) is 5.99. The molecule has 1 aromatic heterocycles. The topological polar surface area (TPSA) is 50.7 Å². The highest BCUT2D eigenvalue weighted by Crippen LogP contribution is 2.19. The van der Waals surface area contributed by atoms with Crippen molar-refractivity contribution in [2.45, 2.75) is 6.42 Å². The van der Waals surface area contributed by atoms with E-state index in [2.05, 4.69) is 26.4 Å². The maximum absolute atomic E-state index is 5.84. The Kier molecular flexibility index (Phi) is 4.11. The Morgan fingerprint density at radius 3 is 2.78 bits per heavy atom. The zero-order valence-electron chi connectivity index (χ0n) is 9.60. The number of rotatable bonds is 4. The first-order chi connectivity index (χ1) is 8.79. The van der Waals surface area contributed by atoms with Crippen LogP contribution in [0, 0.1) is 12.3 Å². The van der Waals surface area contributed by atoms with Crippen molar-refractivity contribution < 1.29 is 0 Å². The average Bonchev–Trinajstić information content (AvgIpc) is 2.40. The Labute approximate surface area is 110 Å². The van der Waals surface area contributed by atoms with E-state index in [0.29, 0.717) is 23.9 Å². The SMILES string of the molecule is C#CCCNc1nncc(-c2ccc(Cl)cc2)n1. The van der Waals surface area contributed by atoms with Crippen LogP contribution in [0.5, 0.6) is 0 Å². The minimum absolute atomic E-state index is 0.470. The summed E-state index contributed by atoms with van der Waals surface area (Å²) in [5, 5.41) is 11.5. The van der Waals surface area contributed by atoms with Crippen molar-refractivity contribution in [1.82, 2.24) is 15.2 Å². The summed E-state index contributed by atoms with van der Waals surface area (Å²) in [4.78, 5) is 4.35. The third-order valence-corrected chi connectivity index (χ3v) is 2.50. The van der Waals surface area contributed by atoms with E-state index in [1.54, 1.807) is 6.20 Å². The quantitative estimate of drug-likeness (QED) is 0.677. The van der Waals surface area contributed by atoms with Crippen LogP contribution in [0.15, 0.2) is 30.5 Å². The zero-order chi connectivity index (χ0) is 12.8. The van der Waals surface area contributed by atoms with Gasteiger partial charge in [0.1, 0.15) is 0 Å². The minimum atomic E-state index is 0.470. The lowest BCUT2D eigenvalue weighted by Crippen LogP contribution is -2.06. The molecule has 0 amide bonds. The van der Waals surface area contributed by atoms with Gasteiger partial charge in [-0.1, -0.05) is 23.7 Å². The molecule has 0 unspecified atom stereocenters. The van der Waals surface area contributed by atoms with E-state index in [4.69, 9.17) is 18.0 Å². The highest BCUT2D eigenvalue weighted by Gasteiger charge is 2.02. The normalized spacial score (nSPS) is 9.78. The first-order valence-electron chi connectivity index (χ1n) is 5.42. The molecule has 1 aromatic carbocycles. The average molecular weight is 259 g/mol. The fourth-order valence-corrected chi connectivity index (χ4v) is 1.51. The highest BCUT2D eigenvalue weighted by molar-refractivity contribution is 6.30. The molecule has 1 N–H and O–H groups in total. The molecule has 0 spiro atoms. The summed E-state index contributed by atoms with van der Waals surface area (Å²) in [6.07, 6.45) is 7.40. The van der Waals surface area contributed by atoms with Crippen molar-refractivity contribution >= 4 is 17.5 Å². The monoisotopic (exact) mass is 258 g/mol. The minimum Gasteiger partial charge on any atom is -0.352 e. The van der Waals surface area contributed by atoms with Crippen LogP contribution in [0.3, 0.4) is 0 Å². The summed E-state index contributed by atoms with van der Waals surface area (Å²) >= 11 is 5.84. The van der Waals surface area contributed by atoms with Crippen LogP contribution in [-0.2, 0) is 0 Å². The summed E-state index contributed by atoms with van der Waals surface area (Å²) in [7, 11) is 0. The Balaban J connectivity index is 2.16. The van der Waals surface area contributed by atoms with Crippen molar-refractivity contribution in [1.29, 1.82) is 0 Å². The maximum Gasteiger partial charge on any atom is 0.243 e. The van der Waals surface area contributed by atoms with Crippen LogP contribution in [0.2, 0.25) is 5.02 Å². The first kappa shape index (κ1) is 12.3. The molecule has 0 saturated heterocycles. The molecule has 2 aromatic rings. The number of nitrogens with one attached hydrogen (secondary N) is 1. The number of anilines is 1. The number of hydrogen-bond acceptors (Lipinski definition) is 4. The van der Waals surface area contributed by atoms with Crippen LogP contribution < -0.4 is 5.32 Å². The molecule has 1 heterocycles. The Hall–Kier alpha value is -2.12. The lowest BCUT2D eigenvalue weighted by molar-refractivity contribution is 0.945. The summed E-state index contributed by atoms with van der Waals surface area (Å²) in [5.41, 5.74) is 1.68. The van der Waals surface area contributed by atoms with Gasteiger partial charge in [-0.2, -0.15) is 5.10 Å². The fourth-order valence-electron chi connectivity index (χ4n) is 1.38. The molecule has 4 nitrogen and oxygen atoms in total. The maximum atomic E-state index is 5.84. The molecule has 5 heteroatoms.